The Balaban J connectivity index is 1.98. The first-order valence-corrected chi connectivity index (χ1v) is 8.27. The van der Waals surface area contributed by atoms with E-state index in [0.717, 1.165) is 10.7 Å². The summed E-state index contributed by atoms with van der Waals surface area (Å²) in [6.45, 7) is 2.23. The first-order valence-electron chi connectivity index (χ1n) is 8.27. The van der Waals surface area contributed by atoms with Gasteiger partial charge in [0.15, 0.2) is 0 Å². The van der Waals surface area contributed by atoms with E-state index in [2.05, 4.69) is 5.10 Å². The number of likely N-dealkylation sites (tertiary alicyclic amines) is 1. The molecule has 3 rings (SSSR count). The molecule has 1 aromatic heterocycles. The molecule has 0 bridgehead atoms. The van der Waals surface area contributed by atoms with Crippen LogP contribution in [0.2, 0.25) is 0 Å². The van der Waals surface area contributed by atoms with E-state index in [9.17, 15) is 23.9 Å². The molecule has 1 aliphatic rings. The van der Waals surface area contributed by atoms with Gasteiger partial charge in [-0.15, -0.1) is 0 Å². The lowest BCUT2D eigenvalue weighted by Gasteiger charge is -2.35. The Morgan fingerprint density at radius 2 is 1.96 bits per heavy atom. The van der Waals surface area contributed by atoms with E-state index in [0.29, 0.717) is 12.8 Å². The van der Waals surface area contributed by atoms with Gasteiger partial charge in [0.25, 0.3) is 11.5 Å². The molecule has 136 valence electrons. The predicted molar refractivity (Wildman–Crippen MR) is 90.7 cm³/mol. The number of nitrogens with zero attached hydrogens (tertiary/aromatic N) is 3. The molecule has 1 aliphatic heterocycles. The fourth-order valence-corrected chi connectivity index (χ4v) is 3.09. The number of aliphatic carboxylic acids is 1. The Morgan fingerprint density at radius 3 is 2.65 bits per heavy atom. The van der Waals surface area contributed by atoms with Crippen LogP contribution in [0.1, 0.15) is 30.3 Å². The lowest BCUT2D eigenvalue weighted by Crippen LogP contribution is -2.50. The van der Waals surface area contributed by atoms with Gasteiger partial charge >= 0.3 is 5.97 Å². The van der Waals surface area contributed by atoms with Crippen molar-refractivity contribution in [3.63, 3.8) is 0 Å². The number of aromatic nitrogens is 2. The molecule has 1 fully saturated rings. The second-order valence-corrected chi connectivity index (χ2v) is 6.40. The molecule has 2 atom stereocenters. The van der Waals surface area contributed by atoms with Gasteiger partial charge in [0, 0.05) is 12.6 Å². The molecule has 2 heterocycles. The highest BCUT2D eigenvalue weighted by Gasteiger charge is 2.35. The number of carboxylic acids is 1. The van der Waals surface area contributed by atoms with E-state index in [1.54, 1.807) is 6.07 Å². The Bertz CT molecular complexity index is 911. The third-order valence-electron chi connectivity index (χ3n) is 4.51. The third kappa shape index (κ3) is 3.35. The minimum Gasteiger partial charge on any atom is -0.480 e. The molecule has 8 heteroatoms. The summed E-state index contributed by atoms with van der Waals surface area (Å²) in [5, 5.41) is 13.4. The Kier molecular flexibility index (Phi) is 4.83. The molecule has 2 unspecified atom stereocenters. The number of carboxylic acid groups (broad SMARTS) is 1. The number of hydrogen-bond donors (Lipinski definition) is 1. The van der Waals surface area contributed by atoms with Crippen LogP contribution in [0.4, 0.5) is 4.39 Å². The molecule has 1 N–H and O–H groups in total. The van der Waals surface area contributed by atoms with Crippen LogP contribution in [0.3, 0.4) is 0 Å². The quantitative estimate of drug-likeness (QED) is 0.900. The first kappa shape index (κ1) is 17.8. The number of amides is 1. The van der Waals surface area contributed by atoms with E-state index in [4.69, 9.17) is 0 Å². The maximum Gasteiger partial charge on any atom is 0.326 e. The van der Waals surface area contributed by atoms with E-state index < -0.39 is 29.3 Å². The van der Waals surface area contributed by atoms with Gasteiger partial charge in [-0.25, -0.2) is 9.18 Å². The molecule has 0 saturated carbocycles. The van der Waals surface area contributed by atoms with Crippen molar-refractivity contribution in [3.05, 3.63) is 58.3 Å². The second kappa shape index (κ2) is 7.07. The van der Waals surface area contributed by atoms with Gasteiger partial charge in [0.1, 0.15) is 23.2 Å². The van der Waals surface area contributed by atoms with Crippen molar-refractivity contribution < 1.29 is 19.1 Å². The highest BCUT2D eigenvalue weighted by molar-refractivity contribution is 5.95. The first-order chi connectivity index (χ1) is 12.4. The maximum atomic E-state index is 14.0. The lowest BCUT2D eigenvalue weighted by molar-refractivity contribution is -0.144. The predicted octanol–water partition coefficient (Wildman–Crippen LogP) is 1.70. The van der Waals surface area contributed by atoms with Crippen molar-refractivity contribution in [1.29, 1.82) is 0 Å². The number of hydrogen-bond acceptors (Lipinski definition) is 4. The van der Waals surface area contributed by atoms with Crippen molar-refractivity contribution in [3.8, 4) is 5.69 Å². The van der Waals surface area contributed by atoms with E-state index in [1.165, 1.54) is 29.2 Å². The normalized spacial score (nSPS) is 20.0. The average molecular weight is 359 g/mol. The highest BCUT2D eigenvalue weighted by atomic mass is 19.1. The Hall–Kier alpha value is -3.03. The molecule has 7 nitrogen and oxygen atoms in total. The second-order valence-electron chi connectivity index (χ2n) is 6.40. The van der Waals surface area contributed by atoms with Crippen LogP contribution in [-0.2, 0) is 4.79 Å². The molecular weight excluding hydrogens is 341 g/mol. The smallest absolute Gasteiger partial charge is 0.326 e. The fraction of sp³-hybridized carbons (Fsp3) is 0.333. The number of para-hydroxylation sites is 1. The topological polar surface area (TPSA) is 92.5 Å². The standard InChI is InChI=1S/C18H18FN3O4/c1-11-8-9-21(15(10-11)18(25)26)17(24)13-6-7-16(23)22(20-13)14-5-3-2-4-12(14)19/h2-7,11,15H,8-10H2,1H3,(H,25,26). The van der Waals surface area contributed by atoms with Crippen LogP contribution >= 0.6 is 0 Å². The number of carbonyl (C=O) groups excluding carboxylic acids is 1. The van der Waals surface area contributed by atoms with Gasteiger partial charge in [-0.05, 0) is 37.0 Å². The van der Waals surface area contributed by atoms with Gasteiger partial charge in [-0.2, -0.15) is 9.78 Å². The van der Waals surface area contributed by atoms with Crippen molar-refractivity contribution in [2.75, 3.05) is 6.54 Å². The summed E-state index contributed by atoms with van der Waals surface area (Å²) in [7, 11) is 0. The van der Waals surface area contributed by atoms with Crippen LogP contribution in [0.25, 0.3) is 5.69 Å². The van der Waals surface area contributed by atoms with Crippen LogP contribution < -0.4 is 5.56 Å². The van der Waals surface area contributed by atoms with Crippen molar-refractivity contribution >= 4 is 11.9 Å². The SMILES string of the molecule is CC1CCN(C(=O)c2ccc(=O)n(-c3ccccc3F)n2)C(C(=O)O)C1. The molecule has 1 amide bonds. The van der Waals surface area contributed by atoms with Gasteiger partial charge in [-0.3, -0.25) is 9.59 Å². The summed E-state index contributed by atoms with van der Waals surface area (Å²) in [4.78, 5) is 37.6. The summed E-state index contributed by atoms with van der Waals surface area (Å²) in [5.74, 6) is -2.12. The van der Waals surface area contributed by atoms with Crippen LogP contribution in [0, 0.1) is 11.7 Å². The van der Waals surface area contributed by atoms with E-state index in [1.807, 2.05) is 6.92 Å². The number of piperidine rings is 1. The maximum absolute atomic E-state index is 14.0. The Morgan fingerprint density at radius 1 is 1.23 bits per heavy atom. The summed E-state index contributed by atoms with van der Waals surface area (Å²) >= 11 is 0. The zero-order valence-electron chi connectivity index (χ0n) is 14.1. The van der Waals surface area contributed by atoms with Crippen LogP contribution in [-0.4, -0.2) is 44.3 Å². The van der Waals surface area contributed by atoms with Gasteiger partial charge in [-0.1, -0.05) is 19.1 Å². The van der Waals surface area contributed by atoms with Gasteiger partial charge < -0.3 is 10.0 Å². The largest absolute Gasteiger partial charge is 0.480 e. The zero-order chi connectivity index (χ0) is 18.8. The molecule has 0 spiro atoms. The number of halogens is 1. The van der Waals surface area contributed by atoms with Crippen molar-refractivity contribution in [2.24, 2.45) is 5.92 Å². The third-order valence-corrected chi connectivity index (χ3v) is 4.51. The molecular formula is C18H18FN3O4. The zero-order valence-corrected chi connectivity index (χ0v) is 14.1. The number of carbonyl (C=O) groups is 2. The number of rotatable bonds is 3. The summed E-state index contributed by atoms with van der Waals surface area (Å²) < 4.78 is 14.8. The Labute approximate surface area is 148 Å². The van der Waals surface area contributed by atoms with Crippen molar-refractivity contribution in [2.45, 2.75) is 25.8 Å². The number of benzene rings is 1. The molecule has 0 aliphatic carbocycles. The van der Waals surface area contributed by atoms with Crippen molar-refractivity contribution in [1.82, 2.24) is 14.7 Å². The minimum atomic E-state index is -1.08. The lowest BCUT2D eigenvalue weighted by atomic mass is 9.92. The summed E-state index contributed by atoms with van der Waals surface area (Å²) in [5.41, 5.74) is -0.767. The van der Waals surface area contributed by atoms with Crippen LogP contribution in [0.5, 0.6) is 0 Å². The van der Waals surface area contributed by atoms with Crippen LogP contribution in [0.15, 0.2) is 41.2 Å². The average Bonchev–Trinajstić information content (AvgIpc) is 2.62. The monoisotopic (exact) mass is 359 g/mol. The van der Waals surface area contributed by atoms with E-state index in [-0.39, 0.29) is 23.8 Å². The molecule has 26 heavy (non-hydrogen) atoms. The molecule has 1 saturated heterocycles. The minimum absolute atomic E-state index is 0.0748. The van der Waals surface area contributed by atoms with E-state index >= 15 is 0 Å². The molecule has 1 aromatic carbocycles. The fourth-order valence-electron chi connectivity index (χ4n) is 3.09. The van der Waals surface area contributed by atoms with Gasteiger partial charge in [0.2, 0.25) is 0 Å². The highest BCUT2D eigenvalue weighted by Crippen LogP contribution is 2.24. The van der Waals surface area contributed by atoms with Gasteiger partial charge in [0.05, 0.1) is 0 Å². The summed E-state index contributed by atoms with van der Waals surface area (Å²) in [6.07, 6.45) is 1.04. The molecule has 2 aromatic rings. The summed E-state index contributed by atoms with van der Waals surface area (Å²) in [6, 6.07) is 7.00. The molecule has 0 radical (unpaired) electrons.